The normalized spacial score (nSPS) is 10.6. The third-order valence-electron chi connectivity index (χ3n) is 3.58. The molecular weight excluding hydrogens is 312 g/mol. The van der Waals surface area contributed by atoms with E-state index in [1.54, 1.807) is 14.2 Å². The fourth-order valence-electron chi connectivity index (χ4n) is 2.47. The first kappa shape index (κ1) is 15.4. The smallest absolute Gasteiger partial charge is 0.137 e. The van der Waals surface area contributed by atoms with Crippen LogP contribution in [0.5, 0.6) is 11.5 Å². The highest BCUT2D eigenvalue weighted by Gasteiger charge is 2.08. The Morgan fingerprint density at radius 2 is 1.83 bits per heavy atom. The number of benzene rings is 2. The Morgan fingerprint density at radius 1 is 1.00 bits per heavy atom. The first-order chi connectivity index (χ1) is 11.1. The van der Waals surface area contributed by atoms with Gasteiger partial charge in [-0.1, -0.05) is 11.6 Å². The number of methoxy groups -OCH3 is 2. The van der Waals surface area contributed by atoms with Gasteiger partial charge in [-0.3, -0.25) is 4.98 Å². The molecule has 0 unspecified atom stereocenters. The summed E-state index contributed by atoms with van der Waals surface area (Å²) in [5.41, 5.74) is 3.66. The van der Waals surface area contributed by atoms with Gasteiger partial charge in [0.25, 0.3) is 0 Å². The van der Waals surface area contributed by atoms with Crippen LogP contribution in [0.2, 0.25) is 5.02 Å². The van der Waals surface area contributed by atoms with Gasteiger partial charge >= 0.3 is 0 Å². The first-order valence-electron chi connectivity index (χ1n) is 7.16. The van der Waals surface area contributed by atoms with E-state index in [0.717, 1.165) is 33.7 Å². The molecule has 0 radical (unpaired) electrons. The molecule has 118 valence electrons. The lowest BCUT2D eigenvalue weighted by Crippen LogP contribution is -1.96. The van der Waals surface area contributed by atoms with Crippen LogP contribution in [-0.2, 0) is 0 Å². The summed E-state index contributed by atoms with van der Waals surface area (Å²) in [4.78, 5) is 4.57. The lowest BCUT2D eigenvalue weighted by atomic mass is 10.1. The highest BCUT2D eigenvalue weighted by Crippen LogP contribution is 2.32. The molecule has 1 aromatic heterocycles. The van der Waals surface area contributed by atoms with Crippen LogP contribution in [-0.4, -0.2) is 19.2 Å². The number of fused-ring (bicyclic) bond motifs is 1. The number of ether oxygens (including phenoxy) is 2. The maximum absolute atomic E-state index is 6.19. The van der Waals surface area contributed by atoms with E-state index in [4.69, 9.17) is 21.1 Å². The predicted molar refractivity (Wildman–Crippen MR) is 94.3 cm³/mol. The van der Waals surface area contributed by atoms with E-state index < -0.39 is 0 Å². The van der Waals surface area contributed by atoms with Crippen molar-refractivity contribution < 1.29 is 9.47 Å². The van der Waals surface area contributed by atoms with Crippen molar-refractivity contribution >= 4 is 33.9 Å². The van der Waals surface area contributed by atoms with Crippen molar-refractivity contribution in [3.05, 3.63) is 53.2 Å². The molecule has 23 heavy (non-hydrogen) atoms. The molecule has 0 spiro atoms. The molecule has 0 amide bonds. The summed E-state index contributed by atoms with van der Waals surface area (Å²) < 4.78 is 10.5. The van der Waals surface area contributed by atoms with Gasteiger partial charge in [-0.05, 0) is 43.3 Å². The van der Waals surface area contributed by atoms with Gasteiger partial charge < -0.3 is 14.8 Å². The van der Waals surface area contributed by atoms with Crippen LogP contribution in [0.15, 0.2) is 42.5 Å². The number of nitrogens with zero attached hydrogens (tertiary/aromatic N) is 1. The van der Waals surface area contributed by atoms with Crippen LogP contribution in [0.3, 0.4) is 0 Å². The third-order valence-corrected chi connectivity index (χ3v) is 3.87. The number of aryl methyl sites for hydroxylation is 1. The van der Waals surface area contributed by atoms with Crippen molar-refractivity contribution in [2.75, 3.05) is 19.5 Å². The van der Waals surface area contributed by atoms with Crippen LogP contribution in [0.1, 0.15) is 5.69 Å². The first-order valence-corrected chi connectivity index (χ1v) is 7.54. The van der Waals surface area contributed by atoms with Crippen LogP contribution < -0.4 is 14.8 Å². The minimum Gasteiger partial charge on any atom is -0.497 e. The van der Waals surface area contributed by atoms with E-state index in [-0.39, 0.29) is 0 Å². The molecule has 0 aliphatic rings. The molecule has 0 bridgehead atoms. The van der Waals surface area contributed by atoms with E-state index in [1.807, 2.05) is 49.4 Å². The van der Waals surface area contributed by atoms with Gasteiger partial charge in [0, 0.05) is 28.5 Å². The van der Waals surface area contributed by atoms with E-state index in [9.17, 15) is 0 Å². The van der Waals surface area contributed by atoms with Crippen molar-refractivity contribution in [3.63, 3.8) is 0 Å². The number of nitrogens with one attached hydrogen (secondary N) is 1. The Balaban J connectivity index is 2.04. The number of hydrogen-bond donors (Lipinski definition) is 1. The van der Waals surface area contributed by atoms with Crippen molar-refractivity contribution in [1.29, 1.82) is 0 Å². The van der Waals surface area contributed by atoms with Gasteiger partial charge in [-0.15, -0.1) is 0 Å². The molecule has 0 fully saturated rings. The average molecular weight is 329 g/mol. The summed E-state index contributed by atoms with van der Waals surface area (Å²) in [5.74, 6) is 1.44. The maximum atomic E-state index is 6.19. The van der Waals surface area contributed by atoms with E-state index >= 15 is 0 Å². The molecule has 0 saturated carbocycles. The Hall–Kier alpha value is -2.46. The standard InChI is InChI=1S/C18H17ClN2O2/c1-11-8-16(14-6-5-13(22-2)10-17(14)20-11)21-12-4-7-18(23-3)15(19)9-12/h4-10H,1-3H3,(H,20,21). The number of anilines is 2. The number of pyridine rings is 1. The molecule has 4 nitrogen and oxygen atoms in total. The summed E-state index contributed by atoms with van der Waals surface area (Å²) in [7, 11) is 3.25. The molecule has 1 heterocycles. The molecule has 2 aromatic carbocycles. The second kappa shape index (κ2) is 6.34. The number of halogens is 1. The summed E-state index contributed by atoms with van der Waals surface area (Å²) in [5, 5.41) is 4.98. The quantitative estimate of drug-likeness (QED) is 0.735. The van der Waals surface area contributed by atoms with Crippen molar-refractivity contribution in [1.82, 2.24) is 4.98 Å². The lowest BCUT2D eigenvalue weighted by Gasteiger charge is -2.13. The van der Waals surface area contributed by atoms with Crippen molar-refractivity contribution in [2.45, 2.75) is 6.92 Å². The predicted octanol–water partition coefficient (Wildman–Crippen LogP) is 4.96. The zero-order valence-corrected chi connectivity index (χ0v) is 13.9. The highest BCUT2D eigenvalue weighted by molar-refractivity contribution is 6.32. The summed E-state index contributed by atoms with van der Waals surface area (Å²) in [6, 6.07) is 13.5. The second-order valence-corrected chi connectivity index (χ2v) is 5.58. The van der Waals surface area contributed by atoms with Crippen LogP contribution in [0.25, 0.3) is 10.9 Å². The highest BCUT2D eigenvalue weighted by atomic mass is 35.5. The zero-order valence-electron chi connectivity index (χ0n) is 13.2. The summed E-state index contributed by atoms with van der Waals surface area (Å²) in [6.45, 7) is 1.96. The molecular formula is C18H17ClN2O2. The zero-order chi connectivity index (χ0) is 16.4. The van der Waals surface area contributed by atoms with E-state index in [0.29, 0.717) is 10.8 Å². The summed E-state index contributed by atoms with van der Waals surface area (Å²) in [6.07, 6.45) is 0. The van der Waals surface area contributed by atoms with Gasteiger partial charge in [-0.2, -0.15) is 0 Å². The fraction of sp³-hybridized carbons (Fsp3) is 0.167. The van der Waals surface area contributed by atoms with Crippen LogP contribution >= 0.6 is 11.6 Å². The minimum absolute atomic E-state index is 0.564. The maximum Gasteiger partial charge on any atom is 0.137 e. The minimum atomic E-state index is 0.564. The Bertz CT molecular complexity index is 865. The Labute approximate surface area is 140 Å². The largest absolute Gasteiger partial charge is 0.497 e. The van der Waals surface area contributed by atoms with Gasteiger partial charge in [0.1, 0.15) is 11.5 Å². The average Bonchev–Trinajstić information content (AvgIpc) is 2.54. The molecule has 0 atom stereocenters. The summed E-state index contributed by atoms with van der Waals surface area (Å²) >= 11 is 6.19. The Kier molecular flexibility index (Phi) is 4.26. The third kappa shape index (κ3) is 3.17. The second-order valence-electron chi connectivity index (χ2n) is 5.17. The van der Waals surface area contributed by atoms with Crippen LogP contribution in [0, 0.1) is 6.92 Å². The molecule has 1 N–H and O–H groups in total. The molecule has 3 aromatic rings. The lowest BCUT2D eigenvalue weighted by molar-refractivity contribution is 0.415. The van der Waals surface area contributed by atoms with Crippen molar-refractivity contribution in [2.24, 2.45) is 0 Å². The number of aromatic nitrogens is 1. The number of hydrogen-bond acceptors (Lipinski definition) is 4. The van der Waals surface area contributed by atoms with Gasteiger partial charge in [0.15, 0.2) is 0 Å². The van der Waals surface area contributed by atoms with Gasteiger partial charge in [0.2, 0.25) is 0 Å². The van der Waals surface area contributed by atoms with E-state index in [2.05, 4.69) is 10.3 Å². The molecule has 0 saturated heterocycles. The molecule has 0 aliphatic carbocycles. The molecule has 5 heteroatoms. The van der Waals surface area contributed by atoms with Gasteiger partial charge in [-0.25, -0.2) is 0 Å². The molecule has 0 aliphatic heterocycles. The van der Waals surface area contributed by atoms with Gasteiger partial charge in [0.05, 0.1) is 24.8 Å². The van der Waals surface area contributed by atoms with E-state index in [1.165, 1.54) is 0 Å². The van der Waals surface area contributed by atoms with Crippen molar-refractivity contribution in [3.8, 4) is 11.5 Å². The monoisotopic (exact) mass is 328 g/mol. The Morgan fingerprint density at radius 3 is 2.52 bits per heavy atom. The SMILES string of the molecule is COc1ccc2c(Nc3ccc(OC)c(Cl)c3)cc(C)nc2c1. The topological polar surface area (TPSA) is 43.4 Å². The molecule has 3 rings (SSSR count). The van der Waals surface area contributed by atoms with Crippen LogP contribution in [0.4, 0.5) is 11.4 Å². The number of rotatable bonds is 4. The fourth-order valence-corrected chi connectivity index (χ4v) is 2.73.